The summed E-state index contributed by atoms with van der Waals surface area (Å²) < 4.78 is 10.9. The van der Waals surface area contributed by atoms with Crippen LogP contribution in [-0.2, 0) is 38.7 Å². The Kier molecular flexibility index (Phi) is 12.5. The van der Waals surface area contributed by atoms with Crippen LogP contribution in [0.3, 0.4) is 0 Å². The second-order valence-corrected chi connectivity index (χ2v) is 11.8. The molecule has 0 heterocycles. The third kappa shape index (κ3) is 10.6. The lowest BCUT2D eigenvalue weighted by molar-refractivity contribution is -0.155. The van der Waals surface area contributed by atoms with Crippen molar-refractivity contribution in [2.45, 2.75) is 52.6 Å². The van der Waals surface area contributed by atoms with Gasteiger partial charge in [-0.1, -0.05) is 129 Å². The van der Waals surface area contributed by atoms with Gasteiger partial charge in [0.25, 0.3) is 0 Å². The minimum Gasteiger partial charge on any atom is -0.459 e. The quantitative estimate of drug-likeness (QED) is 0.165. The molecule has 46 heavy (non-hydrogen) atoms. The van der Waals surface area contributed by atoms with E-state index in [1.54, 1.807) is 0 Å². The minimum atomic E-state index is -1.56. The van der Waals surface area contributed by atoms with Crippen LogP contribution in [0.15, 0.2) is 109 Å². The number of carbonyl (C=O) groups excluding carboxylic acids is 3. The number of aryl methyl sites for hydroxylation is 1. The van der Waals surface area contributed by atoms with Gasteiger partial charge in [-0.15, -0.1) is 0 Å². The fourth-order valence-corrected chi connectivity index (χ4v) is 4.87. The number of hydrogen-bond acceptors (Lipinski definition) is 6. The van der Waals surface area contributed by atoms with Gasteiger partial charge in [-0.2, -0.15) is 0 Å². The van der Waals surface area contributed by atoms with Gasteiger partial charge >= 0.3 is 18.0 Å². The molecule has 4 rings (SSSR count). The molecule has 0 aliphatic heterocycles. The highest BCUT2D eigenvalue weighted by atomic mass is 16.5. The Bertz CT molecular complexity index is 1540. The summed E-state index contributed by atoms with van der Waals surface area (Å²) >= 11 is 0. The first kappa shape index (κ1) is 33.9. The topological polar surface area (TPSA) is 105 Å². The van der Waals surface area contributed by atoms with Gasteiger partial charge in [0, 0.05) is 13.0 Å². The second kappa shape index (κ2) is 16.9. The molecule has 0 aliphatic carbocycles. The molecule has 2 atom stereocenters. The maximum Gasteiger partial charge on any atom is 0.337 e. The number of rotatable bonds is 14. The Morgan fingerprint density at radius 1 is 0.674 bits per heavy atom. The Morgan fingerprint density at radius 2 is 1.17 bits per heavy atom. The molecule has 1 unspecified atom stereocenters. The number of ether oxygens (including phenoxy) is 2. The fourth-order valence-electron chi connectivity index (χ4n) is 4.87. The van der Waals surface area contributed by atoms with Crippen LogP contribution >= 0.6 is 0 Å². The molecule has 8 heteroatoms. The zero-order chi connectivity index (χ0) is 32.9. The maximum absolute atomic E-state index is 13.6. The van der Waals surface area contributed by atoms with Gasteiger partial charge in [0.05, 0.1) is 6.54 Å². The molecule has 0 saturated heterocycles. The molecule has 0 fully saturated rings. The van der Waals surface area contributed by atoms with Gasteiger partial charge in [-0.25, -0.2) is 14.4 Å². The molecule has 2 amide bonds. The van der Waals surface area contributed by atoms with E-state index >= 15 is 0 Å². The summed E-state index contributed by atoms with van der Waals surface area (Å²) in [6.45, 7) is 5.88. The number of aliphatic hydroxyl groups is 1. The average Bonchev–Trinajstić information content (AvgIpc) is 3.07. The van der Waals surface area contributed by atoms with E-state index in [4.69, 9.17) is 9.47 Å². The highest BCUT2D eigenvalue weighted by Crippen LogP contribution is 2.21. The average molecular weight is 623 g/mol. The molecule has 4 aromatic carbocycles. The monoisotopic (exact) mass is 622 g/mol. The van der Waals surface area contributed by atoms with Crippen LogP contribution in [0.5, 0.6) is 0 Å². The summed E-state index contributed by atoms with van der Waals surface area (Å²) in [7, 11) is 0. The Balaban J connectivity index is 1.46. The smallest absolute Gasteiger partial charge is 0.337 e. The van der Waals surface area contributed by atoms with Crippen molar-refractivity contribution in [1.82, 2.24) is 10.2 Å². The Morgan fingerprint density at radius 3 is 1.70 bits per heavy atom. The van der Waals surface area contributed by atoms with Crippen molar-refractivity contribution >= 4 is 18.0 Å². The number of amides is 2. The standard InChI is InChI=1S/C38H42N2O6/c1-27(2)23-40(24-35(41)37(43)46-26-31-12-8-5-9-13-31)38(44)39-34(36(42)45-25-30-10-6-4-7-11-30)22-29-16-20-33(21-17-29)32-18-14-28(3)15-19-32/h4-21,27,34-35,41H,22-26H2,1-3H3,(H,39,44)/t34-,35?/m0/s1. The first-order chi connectivity index (χ1) is 22.2. The first-order valence-electron chi connectivity index (χ1n) is 15.5. The zero-order valence-electron chi connectivity index (χ0n) is 26.6. The molecule has 0 aromatic heterocycles. The van der Waals surface area contributed by atoms with Crippen molar-refractivity contribution in [2.75, 3.05) is 13.1 Å². The predicted molar refractivity (Wildman–Crippen MR) is 178 cm³/mol. The summed E-state index contributed by atoms with van der Waals surface area (Å²) in [6, 6.07) is 32.9. The third-order valence-corrected chi connectivity index (χ3v) is 7.35. The van der Waals surface area contributed by atoms with Crippen molar-refractivity contribution in [3.63, 3.8) is 0 Å². The van der Waals surface area contributed by atoms with Gasteiger partial charge in [-0.3, -0.25) is 0 Å². The maximum atomic E-state index is 13.6. The number of urea groups is 1. The van der Waals surface area contributed by atoms with Crippen LogP contribution in [0.4, 0.5) is 4.79 Å². The second-order valence-electron chi connectivity index (χ2n) is 11.8. The highest BCUT2D eigenvalue weighted by molar-refractivity contribution is 5.84. The van der Waals surface area contributed by atoms with Crippen LogP contribution in [0.1, 0.15) is 36.1 Å². The molecule has 2 N–H and O–H groups in total. The molecule has 0 saturated carbocycles. The molecular weight excluding hydrogens is 580 g/mol. The number of hydrogen-bond donors (Lipinski definition) is 2. The van der Waals surface area contributed by atoms with Crippen molar-refractivity contribution in [2.24, 2.45) is 5.92 Å². The molecule has 0 spiro atoms. The normalized spacial score (nSPS) is 12.2. The van der Waals surface area contributed by atoms with E-state index < -0.39 is 30.1 Å². The largest absolute Gasteiger partial charge is 0.459 e. The van der Waals surface area contributed by atoms with Gasteiger partial charge in [0.15, 0.2) is 6.10 Å². The van der Waals surface area contributed by atoms with Crippen LogP contribution in [0.25, 0.3) is 11.1 Å². The SMILES string of the molecule is Cc1ccc(-c2ccc(C[C@H](NC(=O)N(CC(C)C)CC(O)C(=O)OCc3ccccc3)C(=O)OCc3ccccc3)cc2)cc1. The molecule has 0 aliphatic rings. The first-order valence-corrected chi connectivity index (χ1v) is 15.5. The lowest BCUT2D eigenvalue weighted by Crippen LogP contribution is -2.52. The van der Waals surface area contributed by atoms with Crippen LogP contribution in [0, 0.1) is 12.8 Å². The third-order valence-electron chi connectivity index (χ3n) is 7.35. The van der Waals surface area contributed by atoms with Gasteiger partial charge < -0.3 is 24.8 Å². The van der Waals surface area contributed by atoms with E-state index in [1.807, 2.05) is 106 Å². The van der Waals surface area contributed by atoms with E-state index in [0.29, 0.717) is 0 Å². The summed E-state index contributed by atoms with van der Waals surface area (Å²) in [5.74, 6) is -1.40. The van der Waals surface area contributed by atoms with E-state index in [2.05, 4.69) is 29.6 Å². The molecular formula is C38H42N2O6. The number of nitrogens with one attached hydrogen (secondary N) is 1. The summed E-state index contributed by atoms with van der Waals surface area (Å²) in [6.07, 6.45) is -1.38. The molecule has 0 bridgehead atoms. The summed E-state index contributed by atoms with van der Waals surface area (Å²) in [4.78, 5) is 40.9. The van der Waals surface area contributed by atoms with E-state index in [-0.39, 0.29) is 38.6 Å². The van der Waals surface area contributed by atoms with Gasteiger partial charge in [0.1, 0.15) is 19.3 Å². The number of carbonyl (C=O) groups is 3. The molecule has 8 nitrogen and oxygen atoms in total. The van der Waals surface area contributed by atoms with Crippen LogP contribution in [-0.4, -0.2) is 53.2 Å². The van der Waals surface area contributed by atoms with Crippen LogP contribution < -0.4 is 5.32 Å². The van der Waals surface area contributed by atoms with Gasteiger partial charge in [0.2, 0.25) is 0 Å². The lowest BCUT2D eigenvalue weighted by atomic mass is 10.00. The Hall–Kier alpha value is -4.95. The van der Waals surface area contributed by atoms with Gasteiger partial charge in [-0.05, 0) is 40.7 Å². The number of esters is 2. The number of nitrogens with zero attached hydrogens (tertiary/aromatic N) is 1. The molecule has 4 aromatic rings. The molecule has 240 valence electrons. The van der Waals surface area contributed by atoms with Crippen molar-refractivity contribution in [1.29, 1.82) is 0 Å². The van der Waals surface area contributed by atoms with E-state index in [9.17, 15) is 19.5 Å². The zero-order valence-corrected chi connectivity index (χ0v) is 26.6. The number of benzene rings is 4. The fraction of sp³-hybridized carbons (Fsp3) is 0.289. The minimum absolute atomic E-state index is 0.00510. The molecule has 0 radical (unpaired) electrons. The van der Waals surface area contributed by atoms with Crippen molar-refractivity contribution in [3.8, 4) is 11.1 Å². The van der Waals surface area contributed by atoms with E-state index in [0.717, 1.165) is 27.8 Å². The van der Waals surface area contributed by atoms with Crippen molar-refractivity contribution in [3.05, 3.63) is 131 Å². The Labute approximate surface area is 271 Å². The highest BCUT2D eigenvalue weighted by Gasteiger charge is 2.29. The van der Waals surface area contributed by atoms with E-state index in [1.165, 1.54) is 10.5 Å². The summed E-state index contributed by atoms with van der Waals surface area (Å²) in [5, 5.41) is 13.5. The van der Waals surface area contributed by atoms with Crippen LogP contribution in [0.2, 0.25) is 0 Å². The number of aliphatic hydroxyl groups excluding tert-OH is 1. The summed E-state index contributed by atoms with van der Waals surface area (Å²) in [5.41, 5.74) is 5.72. The van der Waals surface area contributed by atoms with Crippen molar-refractivity contribution < 1.29 is 29.0 Å². The predicted octanol–water partition coefficient (Wildman–Crippen LogP) is 6.09. The lowest BCUT2D eigenvalue weighted by Gasteiger charge is -2.28.